The van der Waals surface area contributed by atoms with Gasteiger partial charge in [-0.3, -0.25) is 14.4 Å². The molecule has 2 fully saturated rings. The number of fused-ring (bicyclic) bond motifs is 1. The summed E-state index contributed by atoms with van der Waals surface area (Å²) in [5.74, 6) is -2.70. The van der Waals surface area contributed by atoms with Crippen LogP contribution in [0.15, 0.2) is 51.2 Å². The predicted octanol–water partition coefficient (Wildman–Crippen LogP) is 1.56. The Balaban J connectivity index is 1.59. The van der Waals surface area contributed by atoms with Crippen molar-refractivity contribution in [3.63, 3.8) is 0 Å². The molecule has 0 unspecified atom stereocenters. The van der Waals surface area contributed by atoms with E-state index in [4.69, 9.17) is 37.6 Å². The number of rotatable bonds is 11. The number of aliphatic hydroxyl groups excluding tert-OH is 4. The molecule has 1 aromatic heterocycles. The molecule has 0 bridgehead atoms. The first-order chi connectivity index (χ1) is 25.5. The molecule has 2 aromatic carbocycles. The first kappa shape index (κ1) is 40.4. The number of hydrogen-bond donors (Lipinski definition) is 6. The number of carbonyl (C=O) groups is 2. The van der Waals surface area contributed by atoms with E-state index in [9.17, 15) is 45.0 Å². The fourth-order valence-corrected chi connectivity index (χ4v) is 6.15. The summed E-state index contributed by atoms with van der Waals surface area (Å²) < 4.78 is 45.5. The Labute approximate surface area is 308 Å². The number of esters is 2. The Kier molecular flexibility index (Phi) is 12.5. The van der Waals surface area contributed by atoms with Gasteiger partial charge < -0.3 is 68.2 Å². The van der Waals surface area contributed by atoms with Gasteiger partial charge in [0.1, 0.15) is 71.4 Å². The summed E-state index contributed by atoms with van der Waals surface area (Å²) in [5.41, 5.74) is 0.363. The number of benzene rings is 2. The van der Waals surface area contributed by atoms with E-state index in [1.165, 1.54) is 14.0 Å². The Morgan fingerprint density at radius 3 is 2.15 bits per heavy atom. The topological polar surface area (TPSA) is 250 Å². The maximum atomic E-state index is 14.3. The summed E-state index contributed by atoms with van der Waals surface area (Å²) in [6.07, 6.45) is -14.6. The smallest absolute Gasteiger partial charge is 0.303 e. The van der Waals surface area contributed by atoms with Crippen LogP contribution in [0.4, 0.5) is 0 Å². The second-order valence-corrected chi connectivity index (χ2v) is 13.2. The molecule has 17 heteroatoms. The predicted molar refractivity (Wildman–Crippen MR) is 186 cm³/mol. The third kappa shape index (κ3) is 8.47. The lowest BCUT2D eigenvalue weighted by atomic mass is 9.97. The third-order valence-electron chi connectivity index (χ3n) is 8.95. The van der Waals surface area contributed by atoms with Gasteiger partial charge in [-0.15, -0.1) is 0 Å². The summed E-state index contributed by atoms with van der Waals surface area (Å²) in [7, 11) is 1.46. The molecule has 5 rings (SSSR count). The van der Waals surface area contributed by atoms with Crippen LogP contribution in [0.3, 0.4) is 0 Å². The van der Waals surface area contributed by atoms with Crippen LogP contribution in [-0.2, 0) is 39.7 Å². The van der Waals surface area contributed by atoms with Crippen molar-refractivity contribution >= 4 is 22.9 Å². The van der Waals surface area contributed by atoms with Crippen LogP contribution in [0.25, 0.3) is 22.3 Å². The number of carbonyl (C=O) groups excluding carboxylic acids is 2. The Morgan fingerprint density at radius 1 is 0.852 bits per heavy atom. The normalized spacial score (nSPS) is 28.3. The molecule has 0 radical (unpaired) electrons. The molecule has 0 saturated carbocycles. The lowest BCUT2D eigenvalue weighted by Gasteiger charge is -2.46. The highest BCUT2D eigenvalue weighted by Crippen LogP contribution is 2.41. The summed E-state index contributed by atoms with van der Waals surface area (Å²) in [6, 6.07) is 7.30. The van der Waals surface area contributed by atoms with E-state index in [0.29, 0.717) is 5.75 Å². The second-order valence-electron chi connectivity index (χ2n) is 13.2. The highest BCUT2D eigenvalue weighted by Gasteiger charge is 2.52. The number of aliphatic hydroxyl groups is 4. The van der Waals surface area contributed by atoms with Crippen LogP contribution in [0.1, 0.15) is 40.2 Å². The van der Waals surface area contributed by atoms with Crippen molar-refractivity contribution in [2.24, 2.45) is 0 Å². The summed E-state index contributed by atoms with van der Waals surface area (Å²) >= 11 is 0. The van der Waals surface area contributed by atoms with E-state index < -0.39 is 96.9 Å². The minimum absolute atomic E-state index is 0.129. The van der Waals surface area contributed by atoms with Crippen molar-refractivity contribution in [2.45, 2.75) is 102 Å². The number of phenolic OH excluding ortho intramolecular Hbond substituents is 2. The van der Waals surface area contributed by atoms with E-state index in [0.717, 1.165) is 25.5 Å². The van der Waals surface area contributed by atoms with Crippen molar-refractivity contribution in [1.29, 1.82) is 0 Å². The zero-order valence-electron chi connectivity index (χ0n) is 30.3. The van der Waals surface area contributed by atoms with E-state index in [1.54, 1.807) is 30.3 Å². The van der Waals surface area contributed by atoms with E-state index in [-0.39, 0.29) is 40.0 Å². The van der Waals surface area contributed by atoms with Gasteiger partial charge in [-0.2, -0.15) is 0 Å². The minimum Gasteiger partial charge on any atom is -0.507 e. The zero-order valence-corrected chi connectivity index (χ0v) is 30.3. The molecule has 0 amide bonds. The van der Waals surface area contributed by atoms with Crippen LogP contribution in [0, 0.1) is 0 Å². The van der Waals surface area contributed by atoms with Gasteiger partial charge in [0, 0.05) is 31.0 Å². The summed E-state index contributed by atoms with van der Waals surface area (Å²) in [4.78, 5) is 37.9. The number of ether oxygens (including phenoxy) is 7. The first-order valence-corrected chi connectivity index (χ1v) is 17.0. The molecule has 2 saturated heterocycles. The molecule has 17 nitrogen and oxygen atoms in total. The fraction of sp³-hybridized carbons (Fsp3) is 0.486. The van der Waals surface area contributed by atoms with Crippen LogP contribution in [0.5, 0.6) is 23.0 Å². The summed E-state index contributed by atoms with van der Waals surface area (Å²) in [6.45, 7) is 6.82. The van der Waals surface area contributed by atoms with Gasteiger partial charge in [0.05, 0.1) is 13.2 Å². The molecule has 3 aromatic rings. The number of hydrogen-bond acceptors (Lipinski definition) is 17. The molecule has 0 spiro atoms. The number of phenols is 2. The fourth-order valence-electron chi connectivity index (χ4n) is 6.15. The van der Waals surface area contributed by atoms with Crippen LogP contribution < -0.4 is 14.9 Å². The molecule has 54 heavy (non-hydrogen) atoms. The quantitative estimate of drug-likeness (QED) is 0.120. The van der Waals surface area contributed by atoms with Crippen molar-refractivity contribution in [3.8, 4) is 34.3 Å². The third-order valence-corrected chi connectivity index (χ3v) is 8.95. The van der Waals surface area contributed by atoms with Crippen molar-refractivity contribution in [1.82, 2.24) is 0 Å². The highest BCUT2D eigenvalue weighted by atomic mass is 16.7. The zero-order chi connectivity index (χ0) is 39.6. The SMILES string of the molecule is COc1ccc(-c2oc3c(CC=C(C)C)c(O)cc(O)c3c(=O)c2O[C@@H]2O[C@@H](C)[C@H](OC(C)=O)[C@@H](O[C@@H]3O[C@H](COC(C)=O)[C@@H](O)[C@H](O)[C@H]3O)[C@H]2O)cc1. The lowest BCUT2D eigenvalue weighted by molar-refractivity contribution is -0.351. The van der Waals surface area contributed by atoms with Gasteiger partial charge in [-0.05, 0) is 51.5 Å². The van der Waals surface area contributed by atoms with Gasteiger partial charge >= 0.3 is 11.9 Å². The van der Waals surface area contributed by atoms with Crippen LogP contribution in [0.2, 0.25) is 0 Å². The molecule has 10 atom stereocenters. The van der Waals surface area contributed by atoms with E-state index >= 15 is 0 Å². The molecule has 6 N–H and O–H groups in total. The van der Waals surface area contributed by atoms with Crippen LogP contribution in [-0.4, -0.2) is 118 Å². The molecule has 2 aliphatic heterocycles. The Morgan fingerprint density at radius 2 is 1.54 bits per heavy atom. The molecule has 2 aliphatic rings. The standard InChI is InChI=1S/C37H44O17/c1-15(2)7-12-21-22(40)13-23(41)25-27(43)34(32(52-33(21)25)19-8-10-20(47-6)11-9-19)53-37-30(46)35(31(16(3)49-37)50-18(5)39)54-36-29(45)28(44)26(42)24(51-36)14-48-17(4)38/h7-11,13,16,24,26,28-31,35-37,40-42,44-46H,12,14H2,1-6H3/t16-,24+,26+,28-,29+,30+,31-,35-,36-,37-/m0/s1. The molecule has 0 aliphatic carbocycles. The largest absolute Gasteiger partial charge is 0.507 e. The number of allylic oxidation sites excluding steroid dienone is 2. The minimum atomic E-state index is -1.93. The van der Waals surface area contributed by atoms with Crippen molar-refractivity contribution < 1.29 is 77.8 Å². The van der Waals surface area contributed by atoms with Crippen LogP contribution >= 0.6 is 0 Å². The molecular weight excluding hydrogens is 716 g/mol. The Bertz CT molecular complexity index is 1920. The van der Waals surface area contributed by atoms with E-state index in [1.807, 2.05) is 13.8 Å². The van der Waals surface area contributed by atoms with E-state index in [2.05, 4.69) is 0 Å². The Hall–Kier alpha value is -4.75. The maximum Gasteiger partial charge on any atom is 0.303 e. The summed E-state index contributed by atoms with van der Waals surface area (Å²) in [5, 5.41) is 65.0. The molecule has 3 heterocycles. The van der Waals surface area contributed by atoms with Gasteiger partial charge in [0.25, 0.3) is 0 Å². The second kappa shape index (κ2) is 16.7. The van der Waals surface area contributed by atoms with Gasteiger partial charge in [0.2, 0.25) is 17.5 Å². The van der Waals surface area contributed by atoms with Gasteiger partial charge in [0.15, 0.2) is 18.2 Å². The average Bonchev–Trinajstić information content (AvgIpc) is 3.11. The van der Waals surface area contributed by atoms with Gasteiger partial charge in [-0.25, -0.2) is 0 Å². The van der Waals surface area contributed by atoms with Crippen molar-refractivity contribution in [3.05, 3.63) is 57.8 Å². The van der Waals surface area contributed by atoms with Gasteiger partial charge in [-0.1, -0.05) is 11.6 Å². The monoisotopic (exact) mass is 760 g/mol. The molecular formula is C37H44O17. The number of aromatic hydroxyl groups is 2. The van der Waals surface area contributed by atoms with Crippen molar-refractivity contribution in [2.75, 3.05) is 13.7 Å². The molecule has 294 valence electrons. The first-order valence-electron chi connectivity index (χ1n) is 17.0. The lowest BCUT2D eigenvalue weighted by Crippen LogP contribution is -2.65. The maximum absolute atomic E-state index is 14.3. The highest BCUT2D eigenvalue weighted by molar-refractivity contribution is 5.91. The number of methoxy groups -OCH3 is 1. The average molecular weight is 761 g/mol.